The van der Waals surface area contributed by atoms with Crippen LogP contribution in [0.5, 0.6) is 11.5 Å². The van der Waals surface area contributed by atoms with E-state index < -0.39 is 11.6 Å². The lowest BCUT2D eigenvalue weighted by molar-refractivity contribution is 0.0952. The highest BCUT2D eigenvalue weighted by molar-refractivity contribution is 6.26. The number of carbonyl (C=O) groups is 2. The fourth-order valence-corrected chi connectivity index (χ4v) is 2.64. The van der Waals surface area contributed by atoms with Crippen molar-refractivity contribution in [1.82, 2.24) is 4.90 Å². The van der Waals surface area contributed by atoms with Gasteiger partial charge in [0.05, 0.1) is 16.8 Å². The van der Waals surface area contributed by atoms with Crippen LogP contribution in [0.25, 0.3) is 0 Å². The van der Waals surface area contributed by atoms with Crippen LogP contribution in [0.3, 0.4) is 0 Å². The van der Waals surface area contributed by atoms with Gasteiger partial charge in [-0.3, -0.25) is 9.59 Å². The molecule has 0 spiro atoms. The van der Waals surface area contributed by atoms with Gasteiger partial charge in [-0.15, -0.1) is 0 Å². The van der Waals surface area contributed by atoms with Gasteiger partial charge in [0.25, 0.3) is 0 Å². The molecule has 2 N–H and O–H groups in total. The van der Waals surface area contributed by atoms with Crippen LogP contribution < -0.4 is 0 Å². The van der Waals surface area contributed by atoms with Crippen molar-refractivity contribution in [2.45, 2.75) is 12.8 Å². The molecule has 0 amide bonds. The number of likely N-dealkylation sites (tertiary alicyclic amines) is 1. The average molecular weight is 259 g/mol. The summed E-state index contributed by atoms with van der Waals surface area (Å²) in [5.74, 6) is -1.38. The second kappa shape index (κ2) is 4.12. The number of hydrogen-bond acceptors (Lipinski definition) is 5. The van der Waals surface area contributed by atoms with Crippen LogP contribution in [-0.4, -0.2) is 39.8 Å². The minimum Gasteiger partial charge on any atom is -0.507 e. The average Bonchev–Trinajstić information content (AvgIpc) is 2.90. The van der Waals surface area contributed by atoms with Crippen molar-refractivity contribution in [3.05, 3.63) is 35.0 Å². The van der Waals surface area contributed by atoms with Crippen molar-refractivity contribution in [3.8, 4) is 11.5 Å². The molecule has 5 heteroatoms. The minimum absolute atomic E-state index is 0.0885. The molecule has 1 saturated heterocycles. The number of allylic oxidation sites excluding steroid dienone is 2. The zero-order chi connectivity index (χ0) is 13.6. The third-order valence-electron chi connectivity index (χ3n) is 3.58. The van der Waals surface area contributed by atoms with Gasteiger partial charge in [-0.2, -0.15) is 0 Å². The fourth-order valence-electron chi connectivity index (χ4n) is 2.64. The van der Waals surface area contributed by atoms with Crippen LogP contribution in [-0.2, 0) is 0 Å². The normalized spacial score (nSPS) is 18.5. The zero-order valence-electron chi connectivity index (χ0n) is 10.2. The summed E-state index contributed by atoms with van der Waals surface area (Å²) in [5.41, 5.74) is 0.123. The molecular weight excluding hydrogens is 246 g/mol. The Balaban J connectivity index is 2.14. The number of phenols is 2. The Hall–Kier alpha value is -2.30. The van der Waals surface area contributed by atoms with E-state index in [2.05, 4.69) is 0 Å². The number of hydrogen-bond donors (Lipinski definition) is 2. The molecule has 0 aromatic heterocycles. The van der Waals surface area contributed by atoms with Crippen molar-refractivity contribution in [2.24, 2.45) is 0 Å². The largest absolute Gasteiger partial charge is 0.507 e. The van der Waals surface area contributed by atoms with Crippen LogP contribution in [0, 0.1) is 0 Å². The smallest absolute Gasteiger partial charge is 0.213 e. The van der Waals surface area contributed by atoms with E-state index in [9.17, 15) is 19.8 Å². The number of aromatic hydroxyl groups is 2. The van der Waals surface area contributed by atoms with Gasteiger partial charge in [0, 0.05) is 19.2 Å². The van der Waals surface area contributed by atoms with Crippen LogP contribution >= 0.6 is 0 Å². The number of carbonyl (C=O) groups excluding carboxylic acids is 2. The second-order valence-corrected chi connectivity index (χ2v) is 4.77. The van der Waals surface area contributed by atoms with Gasteiger partial charge in [-0.1, -0.05) is 0 Å². The summed E-state index contributed by atoms with van der Waals surface area (Å²) < 4.78 is 0. The standard InChI is InChI=1S/C14H13NO4/c16-9-3-4-10(17)13-12(9)11(18)7-8(14(13)19)15-5-1-2-6-15/h3-4,7,16-17H,1-2,5-6H2. The van der Waals surface area contributed by atoms with E-state index >= 15 is 0 Å². The predicted molar refractivity (Wildman–Crippen MR) is 67.3 cm³/mol. The molecular formula is C14H13NO4. The molecule has 0 bridgehead atoms. The highest BCUT2D eigenvalue weighted by atomic mass is 16.3. The first-order chi connectivity index (χ1) is 9.09. The van der Waals surface area contributed by atoms with Crippen molar-refractivity contribution < 1.29 is 19.8 Å². The van der Waals surface area contributed by atoms with Crippen LogP contribution in [0.15, 0.2) is 23.9 Å². The van der Waals surface area contributed by atoms with E-state index in [1.54, 1.807) is 0 Å². The number of Topliss-reactive ketones (excluding diaryl/α,β-unsaturated/α-hetero) is 1. The molecule has 3 rings (SSSR count). The summed E-state index contributed by atoms with van der Waals surface area (Å²) in [7, 11) is 0. The Labute approximate surface area is 109 Å². The minimum atomic E-state index is -0.440. The Morgan fingerprint density at radius 1 is 0.947 bits per heavy atom. The summed E-state index contributed by atoms with van der Waals surface area (Å²) in [6, 6.07) is 2.44. The molecule has 1 aliphatic carbocycles. The van der Waals surface area contributed by atoms with E-state index in [4.69, 9.17) is 0 Å². The van der Waals surface area contributed by atoms with Gasteiger partial charge < -0.3 is 15.1 Å². The quantitative estimate of drug-likeness (QED) is 0.746. The molecule has 0 unspecified atom stereocenters. The second-order valence-electron chi connectivity index (χ2n) is 4.77. The molecule has 98 valence electrons. The van der Waals surface area contributed by atoms with Crippen molar-refractivity contribution >= 4 is 11.6 Å². The summed E-state index contributed by atoms with van der Waals surface area (Å²) in [6.07, 6.45) is 3.23. The molecule has 5 nitrogen and oxygen atoms in total. The Bertz CT molecular complexity index is 612. The highest BCUT2D eigenvalue weighted by Crippen LogP contribution is 2.35. The Morgan fingerprint density at radius 3 is 2.16 bits per heavy atom. The number of ketones is 2. The van der Waals surface area contributed by atoms with Gasteiger partial charge in [-0.05, 0) is 25.0 Å². The Morgan fingerprint density at radius 2 is 1.53 bits per heavy atom. The van der Waals surface area contributed by atoms with Crippen molar-refractivity contribution in [3.63, 3.8) is 0 Å². The van der Waals surface area contributed by atoms with Crippen molar-refractivity contribution in [1.29, 1.82) is 0 Å². The molecule has 19 heavy (non-hydrogen) atoms. The van der Waals surface area contributed by atoms with E-state index in [0.29, 0.717) is 5.70 Å². The number of nitrogens with zero attached hydrogens (tertiary/aromatic N) is 1. The first kappa shape index (κ1) is 11.8. The van der Waals surface area contributed by atoms with E-state index in [0.717, 1.165) is 25.9 Å². The van der Waals surface area contributed by atoms with Gasteiger partial charge in [0.2, 0.25) is 5.78 Å². The molecule has 0 radical (unpaired) electrons. The number of phenolic OH excluding ortho intramolecular Hbond substituents is 2. The highest BCUT2D eigenvalue weighted by Gasteiger charge is 2.34. The summed E-state index contributed by atoms with van der Waals surface area (Å²) in [5, 5.41) is 19.5. The topological polar surface area (TPSA) is 77.8 Å². The van der Waals surface area contributed by atoms with Gasteiger partial charge in [-0.25, -0.2) is 0 Å². The monoisotopic (exact) mass is 259 g/mol. The third-order valence-corrected chi connectivity index (χ3v) is 3.58. The number of benzene rings is 1. The molecule has 2 aliphatic rings. The lowest BCUT2D eigenvalue weighted by atomic mass is 9.90. The summed E-state index contributed by atoms with van der Waals surface area (Å²) in [4.78, 5) is 26.3. The molecule has 0 atom stereocenters. The number of fused-ring (bicyclic) bond motifs is 1. The first-order valence-corrected chi connectivity index (χ1v) is 6.20. The zero-order valence-corrected chi connectivity index (χ0v) is 10.2. The van der Waals surface area contributed by atoms with Crippen LogP contribution in [0.2, 0.25) is 0 Å². The maximum Gasteiger partial charge on any atom is 0.213 e. The van der Waals surface area contributed by atoms with Crippen molar-refractivity contribution in [2.75, 3.05) is 13.1 Å². The number of rotatable bonds is 1. The molecule has 1 aromatic carbocycles. The molecule has 1 aliphatic heterocycles. The van der Waals surface area contributed by atoms with E-state index in [-0.39, 0.29) is 22.6 Å². The lowest BCUT2D eigenvalue weighted by Crippen LogP contribution is -2.29. The van der Waals surface area contributed by atoms with E-state index in [1.807, 2.05) is 4.90 Å². The SMILES string of the molecule is O=C1C=C(N2CCCC2)C(=O)c2c(O)ccc(O)c21. The fraction of sp³-hybridized carbons (Fsp3) is 0.286. The maximum absolute atomic E-state index is 12.4. The summed E-state index contributed by atoms with van der Waals surface area (Å²) in [6.45, 7) is 1.47. The van der Waals surface area contributed by atoms with Gasteiger partial charge in [0.15, 0.2) is 5.78 Å². The first-order valence-electron chi connectivity index (χ1n) is 6.20. The summed E-state index contributed by atoms with van der Waals surface area (Å²) >= 11 is 0. The third kappa shape index (κ3) is 1.69. The molecule has 1 fully saturated rings. The van der Waals surface area contributed by atoms with Gasteiger partial charge in [0.1, 0.15) is 11.5 Å². The van der Waals surface area contributed by atoms with Crippen LogP contribution in [0.4, 0.5) is 0 Å². The maximum atomic E-state index is 12.4. The van der Waals surface area contributed by atoms with E-state index in [1.165, 1.54) is 18.2 Å². The lowest BCUT2D eigenvalue weighted by Gasteiger charge is -2.24. The molecule has 1 aromatic rings. The van der Waals surface area contributed by atoms with Crippen LogP contribution in [0.1, 0.15) is 33.6 Å². The molecule has 0 saturated carbocycles. The Kier molecular flexibility index (Phi) is 2.55. The van der Waals surface area contributed by atoms with Gasteiger partial charge >= 0.3 is 0 Å². The predicted octanol–water partition coefficient (Wildman–Crippen LogP) is 1.46. The molecule has 1 heterocycles.